The predicted octanol–water partition coefficient (Wildman–Crippen LogP) is 5.06. The largest absolute Gasteiger partial charge is 2.00 e. The van der Waals surface area contributed by atoms with Gasteiger partial charge in [-0.2, -0.15) is 0 Å². The molecule has 0 unspecified atom stereocenters. The number of benzene rings is 4. The van der Waals surface area contributed by atoms with Gasteiger partial charge in [-0.15, -0.1) is 23.0 Å². The molecule has 0 spiro atoms. The van der Waals surface area contributed by atoms with Crippen LogP contribution in [0, 0.1) is 0 Å². The van der Waals surface area contributed by atoms with E-state index in [9.17, 15) is 20.4 Å². The monoisotopic (exact) mass is 736 g/mol. The van der Waals surface area contributed by atoms with Crippen molar-refractivity contribution in [1.82, 2.24) is 9.97 Å². The molecule has 0 saturated carbocycles. The number of aliphatic imine (C=N–C) groups is 2. The van der Waals surface area contributed by atoms with Crippen LogP contribution >= 0.6 is 0 Å². The van der Waals surface area contributed by atoms with Crippen LogP contribution in [-0.4, -0.2) is 22.4 Å². The van der Waals surface area contributed by atoms with Crippen molar-refractivity contribution in [2.24, 2.45) is 9.98 Å². The van der Waals surface area contributed by atoms with Crippen LogP contribution in [0.15, 0.2) is 168 Å². The summed E-state index contributed by atoms with van der Waals surface area (Å²) in [6, 6.07) is 38.2. The smallest absolute Gasteiger partial charge is 0.872 e. The van der Waals surface area contributed by atoms with Gasteiger partial charge < -0.3 is 20.4 Å². The Labute approximate surface area is 306 Å². The Kier molecular flexibility index (Phi) is 21.4. The number of aromatic nitrogens is 2. The zero-order valence-electron chi connectivity index (χ0n) is 26.4. The third-order valence-corrected chi connectivity index (χ3v) is 5.90. The number of hydrogen-bond acceptors (Lipinski definition) is 8. The first-order valence-corrected chi connectivity index (χ1v) is 14.3. The van der Waals surface area contributed by atoms with E-state index in [1.165, 1.54) is 36.7 Å². The second-order valence-corrected chi connectivity index (χ2v) is 9.28. The first-order chi connectivity index (χ1) is 22.5. The van der Waals surface area contributed by atoms with Gasteiger partial charge in [0.1, 0.15) is 0 Å². The van der Waals surface area contributed by atoms with Crippen LogP contribution < -0.4 is 20.4 Å². The summed E-state index contributed by atoms with van der Waals surface area (Å²) in [5, 5.41) is 45.5. The third kappa shape index (κ3) is 16.5. The fourth-order valence-corrected chi connectivity index (χ4v) is 3.55. The molecule has 232 valence electrons. The van der Waals surface area contributed by atoms with Gasteiger partial charge in [0.05, 0.1) is 13.1 Å². The Morgan fingerprint density at radius 3 is 0.979 bits per heavy atom. The molecule has 0 fully saturated rings. The molecule has 10 heteroatoms. The fourth-order valence-electron chi connectivity index (χ4n) is 3.55. The average Bonchev–Trinajstić information content (AvgIpc) is 3.11. The molecule has 48 heavy (non-hydrogen) atoms. The minimum absolute atomic E-state index is 0. The molecule has 0 atom stereocenters. The Balaban J connectivity index is 0.000000347. The maximum Gasteiger partial charge on any atom is 2.00 e. The summed E-state index contributed by atoms with van der Waals surface area (Å²) >= 11 is 0. The molecule has 6 rings (SSSR count). The van der Waals surface area contributed by atoms with Crippen LogP contribution in [0.2, 0.25) is 0 Å². The molecule has 2 aromatic heterocycles. The maximum absolute atomic E-state index is 11.4. The molecule has 8 nitrogen and oxygen atoms in total. The van der Waals surface area contributed by atoms with Gasteiger partial charge in [-0.05, 0) is 46.5 Å². The zero-order chi connectivity index (χ0) is 32.7. The number of nitrogens with zero attached hydrogens (tertiary/aromatic N) is 4. The third-order valence-electron chi connectivity index (χ3n) is 5.90. The molecule has 0 radical (unpaired) electrons. The summed E-state index contributed by atoms with van der Waals surface area (Å²) in [5.41, 5.74) is 2.34. The van der Waals surface area contributed by atoms with Gasteiger partial charge in [0.2, 0.25) is 0 Å². The SMILES string of the molecule is [O-]c1ccccc1C=NCc1ccccc1[O-].[O-]c1ccccc1C=NCc1ccccc1[O-].[Zn+2].[Zn+2].c1ccncc1.c1ccncc1. The Bertz CT molecular complexity index is 1580. The van der Waals surface area contributed by atoms with Crippen molar-refractivity contribution >= 4 is 12.4 Å². The van der Waals surface area contributed by atoms with E-state index in [2.05, 4.69) is 20.0 Å². The number of rotatable bonds is 6. The number of para-hydroxylation sites is 4. The second-order valence-electron chi connectivity index (χ2n) is 9.28. The van der Waals surface area contributed by atoms with Crippen molar-refractivity contribution in [1.29, 1.82) is 0 Å². The summed E-state index contributed by atoms with van der Waals surface area (Å²) in [7, 11) is 0. The Morgan fingerprint density at radius 1 is 0.396 bits per heavy atom. The van der Waals surface area contributed by atoms with Crippen LogP contribution in [0.25, 0.3) is 0 Å². The topological polar surface area (TPSA) is 143 Å². The molecule has 0 amide bonds. The Morgan fingerprint density at radius 2 is 0.708 bits per heavy atom. The maximum atomic E-state index is 11.4. The molecule has 4 aromatic carbocycles. The van der Waals surface area contributed by atoms with E-state index in [1.807, 2.05) is 36.4 Å². The van der Waals surface area contributed by atoms with Crippen molar-refractivity contribution in [3.63, 3.8) is 0 Å². The molecule has 0 N–H and O–H groups in total. The van der Waals surface area contributed by atoms with Gasteiger partial charge in [-0.3, -0.25) is 20.0 Å². The van der Waals surface area contributed by atoms with E-state index < -0.39 is 0 Å². The van der Waals surface area contributed by atoms with Crippen molar-refractivity contribution in [2.45, 2.75) is 13.1 Å². The first kappa shape index (κ1) is 41.0. The number of hydrogen-bond donors (Lipinski definition) is 0. The van der Waals surface area contributed by atoms with Gasteiger partial charge in [0, 0.05) is 37.2 Å². The summed E-state index contributed by atoms with van der Waals surface area (Å²) in [6.07, 6.45) is 10.0. The molecule has 0 aliphatic carbocycles. The van der Waals surface area contributed by atoms with Crippen LogP contribution in [0.3, 0.4) is 0 Å². The van der Waals surface area contributed by atoms with E-state index in [-0.39, 0.29) is 62.0 Å². The van der Waals surface area contributed by atoms with Crippen LogP contribution in [0.1, 0.15) is 22.3 Å². The van der Waals surface area contributed by atoms with Gasteiger partial charge in [0.15, 0.2) is 0 Å². The van der Waals surface area contributed by atoms with E-state index >= 15 is 0 Å². The molecule has 0 bridgehead atoms. The minimum Gasteiger partial charge on any atom is -0.872 e. The van der Waals surface area contributed by atoms with E-state index in [1.54, 1.807) is 97.6 Å². The van der Waals surface area contributed by atoms with Gasteiger partial charge in [0.25, 0.3) is 0 Å². The first-order valence-electron chi connectivity index (χ1n) is 14.3. The minimum atomic E-state index is -0.0633. The summed E-state index contributed by atoms with van der Waals surface area (Å²) in [6.45, 7) is 0.599. The van der Waals surface area contributed by atoms with Gasteiger partial charge in [-0.25, -0.2) is 0 Å². The van der Waals surface area contributed by atoms with E-state index in [0.717, 1.165) is 0 Å². The van der Waals surface area contributed by atoms with Crippen LogP contribution in [0.4, 0.5) is 0 Å². The molecular formula is C38H32N4O4Zn2. The fraction of sp³-hybridized carbons (Fsp3) is 0.0526. The summed E-state index contributed by atoms with van der Waals surface area (Å²) in [5.74, 6) is -0.182. The van der Waals surface area contributed by atoms with E-state index in [0.29, 0.717) is 35.3 Å². The van der Waals surface area contributed by atoms with Crippen molar-refractivity contribution in [3.8, 4) is 23.0 Å². The second kappa shape index (κ2) is 25.1. The van der Waals surface area contributed by atoms with Gasteiger partial charge >= 0.3 is 39.0 Å². The zero-order valence-corrected chi connectivity index (χ0v) is 32.4. The molecule has 2 heterocycles. The standard InChI is InChI=1S/2C14H13NO2.2C5H5N.2Zn/c2*16-13-7-3-1-5-11(13)9-15-10-12-6-2-4-8-14(12)17;2*1-2-4-6-5-3-1;;/h2*1-9,16-17H,10H2;2*1-5H;;/q;;;;2*+2/p-4. The van der Waals surface area contributed by atoms with Crippen LogP contribution in [-0.2, 0) is 52.0 Å². The quantitative estimate of drug-likeness (QED) is 0.173. The molecular weight excluding hydrogens is 707 g/mol. The molecule has 0 aliphatic heterocycles. The van der Waals surface area contributed by atoms with E-state index in [4.69, 9.17) is 0 Å². The van der Waals surface area contributed by atoms with Crippen molar-refractivity contribution in [2.75, 3.05) is 0 Å². The average molecular weight is 739 g/mol. The summed E-state index contributed by atoms with van der Waals surface area (Å²) < 4.78 is 0. The van der Waals surface area contributed by atoms with Crippen molar-refractivity contribution < 1.29 is 59.4 Å². The van der Waals surface area contributed by atoms with Gasteiger partial charge in [-0.1, -0.05) is 109 Å². The summed E-state index contributed by atoms with van der Waals surface area (Å²) in [4.78, 5) is 15.8. The normalized spacial score (nSPS) is 9.67. The molecule has 0 aliphatic rings. The molecule has 0 saturated heterocycles. The predicted molar refractivity (Wildman–Crippen MR) is 175 cm³/mol. The number of pyridine rings is 2. The van der Waals surface area contributed by atoms with Crippen LogP contribution in [0.5, 0.6) is 23.0 Å². The van der Waals surface area contributed by atoms with Crippen molar-refractivity contribution in [3.05, 3.63) is 181 Å². The Hall–Kier alpha value is -5.03. The molecule has 6 aromatic rings.